The summed E-state index contributed by atoms with van der Waals surface area (Å²) >= 11 is 0. The molecule has 3 nitrogen and oxygen atoms in total. The molecule has 0 N–H and O–H groups in total. The van der Waals surface area contributed by atoms with Crippen LogP contribution < -0.4 is 0 Å². The first-order valence-electron chi connectivity index (χ1n) is 4.74. The van der Waals surface area contributed by atoms with Crippen molar-refractivity contribution in [3.05, 3.63) is 0 Å². The zero-order valence-electron chi connectivity index (χ0n) is 8.63. The van der Waals surface area contributed by atoms with E-state index in [1.807, 2.05) is 6.92 Å². The van der Waals surface area contributed by atoms with Gasteiger partial charge >= 0.3 is 5.97 Å². The van der Waals surface area contributed by atoms with E-state index in [2.05, 4.69) is 0 Å². The van der Waals surface area contributed by atoms with Crippen LogP contribution >= 0.6 is 0 Å². The minimum absolute atomic E-state index is 0.0840. The Labute approximate surface area is 79.5 Å². The smallest absolute Gasteiger partial charge is 0.308 e. The summed E-state index contributed by atoms with van der Waals surface area (Å²) in [4.78, 5) is 21.7. The predicted octanol–water partition coefficient (Wildman–Crippen LogP) is 1.94. The summed E-state index contributed by atoms with van der Waals surface area (Å²) in [6, 6.07) is 0. The van der Waals surface area contributed by atoms with Gasteiger partial charge in [0.05, 0.1) is 12.5 Å². The molecule has 1 atom stereocenters. The molecule has 0 aliphatic heterocycles. The fourth-order valence-electron chi connectivity index (χ4n) is 1.06. The van der Waals surface area contributed by atoms with Gasteiger partial charge < -0.3 is 9.53 Å². The number of hydrogen-bond donors (Lipinski definition) is 0. The Balaban J connectivity index is 3.55. The summed E-state index contributed by atoms with van der Waals surface area (Å²) in [6.45, 7) is 5.61. The molecule has 0 rings (SSSR count). The van der Waals surface area contributed by atoms with E-state index in [0.29, 0.717) is 13.0 Å². The van der Waals surface area contributed by atoms with Crippen LogP contribution in [-0.2, 0) is 14.3 Å². The highest BCUT2D eigenvalue weighted by Gasteiger charge is 2.13. The van der Waals surface area contributed by atoms with Gasteiger partial charge in [-0.15, -0.1) is 0 Å². The molecule has 0 aromatic carbocycles. The average molecular weight is 186 g/mol. The van der Waals surface area contributed by atoms with Crippen LogP contribution in [0, 0.1) is 5.92 Å². The van der Waals surface area contributed by atoms with Gasteiger partial charge in [-0.3, -0.25) is 4.79 Å². The van der Waals surface area contributed by atoms with E-state index in [4.69, 9.17) is 4.74 Å². The summed E-state index contributed by atoms with van der Waals surface area (Å²) in [5, 5.41) is 0. The van der Waals surface area contributed by atoms with Gasteiger partial charge in [0.25, 0.3) is 0 Å². The third-order valence-corrected chi connectivity index (χ3v) is 1.85. The fourth-order valence-corrected chi connectivity index (χ4v) is 1.06. The highest BCUT2D eigenvalue weighted by Crippen LogP contribution is 2.09. The Bertz CT molecular complexity index is 175. The number of Topliss-reactive ketones (excluding diaryl/α,β-unsaturated/α-hetero) is 1. The normalized spacial score (nSPS) is 12.2. The van der Waals surface area contributed by atoms with Crippen LogP contribution in [0.5, 0.6) is 0 Å². The van der Waals surface area contributed by atoms with E-state index in [-0.39, 0.29) is 17.7 Å². The number of ether oxygens (including phenoxy) is 1. The molecule has 3 heteroatoms. The lowest BCUT2D eigenvalue weighted by atomic mass is 10.0. The van der Waals surface area contributed by atoms with Gasteiger partial charge in [-0.25, -0.2) is 0 Å². The maximum absolute atomic E-state index is 11.1. The van der Waals surface area contributed by atoms with Crippen molar-refractivity contribution in [2.75, 3.05) is 6.61 Å². The van der Waals surface area contributed by atoms with E-state index in [1.165, 1.54) is 0 Å². The number of rotatable bonds is 6. The fraction of sp³-hybridized carbons (Fsp3) is 0.800. The maximum Gasteiger partial charge on any atom is 0.308 e. The Kier molecular flexibility index (Phi) is 6.20. The summed E-state index contributed by atoms with van der Waals surface area (Å²) in [5.41, 5.74) is 0. The van der Waals surface area contributed by atoms with Crippen LogP contribution in [0.4, 0.5) is 0 Å². The van der Waals surface area contributed by atoms with E-state index in [0.717, 1.165) is 12.8 Å². The first-order valence-corrected chi connectivity index (χ1v) is 4.74. The molecular weight excluding hydrogens is 168 g/mol. The molecule has 0 saturated heterocycles. The zero-order chi connectivity index (χ0) is 10.3. The summed E-state index contributed by atoms with van der Waals surface area (Å²) in [7, 11) is 0. The largest absolute Gasteiger partial charge is 0.466 e. The minimum Gasteiger partial charge on any atom is -0.466 e. The van der Waals surface area contributed by atoms with Gasteiger partial charge in [-0.1, -0.05) is 6.92 Å². The van der Waals surface area contributed by atoms with Gasteiger partial charge in [0, 0.05) is 6.42 Å². The van der Waals surface area contributed by atoms with Gasteiger partial charge in [0.2, 0.25) is 0 Å². The standard InChI is InChI=1S/C10H18O3/c1-4-13-10(12)8(2)6-5-7-9(3)11/h8H,4-7H2,1-3H3. The van der Waals surface area contributed by atoms with Crippen molar-refractivity contribution in [1.29, 1.82) is 0 Å². The lowest BCUT2D eigenvalue weighted by Gasteiger charge is -2.08. The molecule has 0 bridgehead atoms. The summed E-state index contributed by atoms with van der Waals surface area (Å²) < 4.78 is 4.84. The van der Waals surface area contributed by atoms with Crippen LogP contribution in [0.2, 0.25) is 0 Å². The molecular formula is C10H18O3. The van der Waals surface area contributed by atoms with Crippen molar-refractivity contribution < 1.29 is 14.3 Å². The van der Waals surface area contributed by atoms with Crippen molar-refractivity contribution >= 4 is 11.8 Å². The van der Waals surface area contributed by atoms with Gasteiger partial charge in [0.15, 0.2) is 0 Å². The molecule has 0 radical (unpaired) electrons. The maximum atomic E-state index is 11.1. The van der Waals surface area contributed by atoms with Crippen LogP contribution in [-0.4, -0.2) is 18.4 Å². The van der Waals surface area contributed by atoms with Gasteiger partial charge in [0.1, 0.15) is 5.78 Å². The molecule has 0 aromatic heterocycles. The molecule has 0 aliphatic carbocycles. The number of hydrogen-bond acceptors (Lipinski definition) is 3. The van der Waals surface area contributed by atoms with Crippen LogP contribution in [0.3, 0.4) is 0 Å². The lowest BCUT2D eigenvalue weighted by Crippen LogP contribution is -2.14. The topological polar surface area (TPSA) is 43.4 Å². The van der Waals surface area contributed by atoms with Gasteiger partial charge in [-0.05, 0) is 26.7 Å². The third kappa shape index (κ3) is 6.31. The second kappa shape index (κ2) is 6.63. The highest BCUT2D eigenvalue weighted by molar-refractivity contribution is 5.75. The van der Waals surface area contributed by atoms with E-state index < -0.39 is 0 Å². The molecule has 0 aromatic rings. The predicted molar refractivity (Wildman–Crippen MR) is 50.3 cm³/mol. The first-order chi connectivity index (χ1) is 6.07. The van der Waals surface area contributed by atoms with E-state index in [9.17, 15) is 9.59 Å². The second-order valence-electron chi connectivity index (χ2n) is 3.25. The number of esters is 1. The Hall–Kier alpha value is -0.860. The monoisotopic (exact) mass is 186 g/mol. The number of carbonyl (C=O) groups is 2. The van der Waals surface area contributed by atoms with E-state index >= 15 is 0 Å². The van der Waals surface area contributed by atoms with Crippen molar-refractivity contribution in [1.82, 2.24) is 0 Å². The minimum atomic E-state index is -0.161. The van der Waals surface area contributed by atoms with Crippen molar-refractivity contribution in [2.45, 2.75) is 40.0 Å². The summed E-state index contributed by atoms with van der Waals surface area (Å²) in [5.74, 6) is -0.0681. The lowest BCUT2D eigenvalue weighted by molar-refractivity contribution is -0.147. The van der Waals surface area contributed by atoms with E-state index in [1.54, 1.807) is 13.8 Å². The highest BCUT2D eigenvalue weighted by atomic mass is 16.5. The Morgan fingerprint density at radius 2 is 2.00 bits per heavy atom. The molecule has 0 aliphatic rings. The van der Waals surface area contributed by atoms with Crippen molar-refractivity contribution in [2.24, 2.45) is 5.92 Å². The Morgan fingerprint density at radius 3 is 2.46 bits per heavy atom. The molecule has 76 valence electrons. The van der Waals surface area contributed by atoms with Crippen LogP contribution in [0.15, 0.2) is 0 Å². The quantitative estimate of drug-likeness (QED) is 0.595. The first kappa shape index (κ1) is 12.1. The molecule has 0 heterocycles. The third-order valence-electron chi connectivity index (χ3n) is 1.85. The molecule has 13 heavy (non-hydrogen) atoms. The van der Waals surface area contributed by atoms with Crippen LogP contribution in [0.1, 0.15) is 40.0 Å². The number of carbonyl (C=O) groups excluding carboxylic acids is 2. The van der Waals surface area contributed by atoms with Gasteiger partial charge in [-0.2, -0.15) is 0 Å². The summed E-state index contributed by atoms with van der Waals surface area (Å²) in [6.07, 6.45) is 2.07. The van der Waals surface area contributed by atoms with Crippen LogP contribution in [0.25, 0.3) is 0 Å². The SMILES string of the molecule is CCOC(=O)C(C)CCCC(C)=O. The molecule has 0 spiro atoms. The molecule has 0 fully saturated rings. The molecule has 1 unspecified atom stereocenters. The number of ketones is 1. The zero-order valence-corrected chi connectivity index (χ0v) is 8.63. The average Bonchev–Trinajstić information content (AvgIpc) is 2.04. The Morgan fingerprint density at radius 1 is 1.38 bits per heavy atom. The van der Waals surface area contributed by atoms with Crippen molar-refractivity contribution in [3.8, 4) is 0 Å². The second-order valence-corrected chi connectivity index (χ2v) is 3.25. The molecule has 0 amide bonds. The molecule has 0 saturated carbocycles. The van der Waals surface area contributed by atoms with Crippen molar-refractivity contribution in [3.63, 3.8) is 0 Å².